The zero-order valence-electron chi connectivity index (χ0n) is 16.8. The van der Waals surface area contributed by atoms with E-state index in [0.29, 0.717) is 23.7 Å². The Hall–Kier alpha value is -3.16. The second-order valence-corrected chi connectivity index (χ2v) is 8.37. The van der Waals surface area contributed by atoms with Crippen LogP contribution in [0.4, 0.5) is 10.2 Å². The van der Waals surface area contributed by atoms with Crippen molar-refractivity contribution in [1.82, 2.24) is 9.78 Å². The molecule has 0 aliphatic rings. The maximum Gasteiger partial charge on any atom is 0.256 e. The minimum absolute atomic E-state index is 0.260. The molecule has 0 saturated carbocycles. The van der Waals surface area contributed by atoms with Crippen LogP contribution in [0.25, 0.3) is 0 Å². The number of anilines is 1. The average Bonchev–Trinajstić information content (AvgIpc) is 3.13. The van der Waals surface area contributed by atoms with Crippen LogP contribution < -0.4 is 10.1 Å². The Morgan fingerprint density at radius 1 is 1.06 bits per heavy atom. The van der Waals surface area contributed by atoms with Gasteiger partial charge in [0, 0.05) is 16.2 Å². The molecule has 0 aliphatic heterocycles. The number of hydrogen-bond acceptors (Lipinski definition) is 3. The summed E-state index contributed by atoms with van der Waals surface area (Å²) in [6.45, 7) is 0.731. The molecule has 3 aromatic carbocycles. The molecule has 4 rings (SSSR count). The van der Waals surface area contributed by atoms with Gasteiger partial charge in [-0.05, 0) is 59.7 Å². The largest absolute Gasteiger partial charge is 0.489 e. The fourth-order valence-corrected chi connectivity index (χ4v) is 3.48. The molecule has 5 nitrogen and oxygen atoms in total. The number of amides is 1. The van der Waals surface area contributed by atoms with Crippen molar-refractivity contribution in [2.45, 2.75) is 13.2 Å². The molecule has 0 atom stereocenters. The third-order valence-corrected chi connectivity index (χ3v) is 5.42. The van der Waals surface area contributed by atoms with Gasteiger partial charge in [0.25, 0.3) is 5.91 Å². The van der Waals surface area contributed by atoms with Gasteiger partial charge in [-0.25, -0.2) is 4.39 Å². The van der Waals surface area contributed by atoms with E-state index >= 15 is 0 Å². The van der Waals surface area contributed by atoms with E-state index in [0.717, 1.165) is 21.3 Å². The minimum atomic E-state index is -0.329. The summed E-state index contributed by atoms with van der Waals surface area (Å²) >= 11 is 9.64. The Labute approximate surface area is 197 Å². The first-order valence-corrected chi connectivity index (χ1v) is 10.9. The number of rotatable bonds is 7. The minimum Gasteiger partial charge on any atom is -0.489 e. The summed E-state index contributed by atoms with van der Waals surface area (Å²) in [6, 6.07) is 20.8. The first-order chi connectivity index (χ1) is 15.5. The molecule has 0 spiro atoms. The number of nitrogens with one attached hydrogen (secondary N) is 1. The van der Waals surface area contributed by atoms with Gasteiger partial charge in [0.15, 0.2) is 5.82 Å². The van der Waals surface area contributed by atoms with Crippen LogP contribution in [0, 0.1) is 5.82 Å². The quantitative estimate of drug-likeness (QED) is 0.314. The van der Waals surface area contributed by atoms with E-state index in [9.17, 15) is 9.18 Å². The summed E-state index contributed by atoms with van der Waals surface area (Å²) in [5, 5.41) is 7.38. The molecule has 8 heteroatoms. The smallest absolute Gasteiger partial charge is 0.256 e. The van der Waals surface area contributed by atoms with Crippen molar-refractivity contribution in [2.24, 2.45) is 0 Å². The number of nitrogens with zero attached hydrogens (tertiary/aromatic N) is 2. The molecule has 4 aromatic rings. The van der Waals surface area contributed by atoms with Crippen LogP contribution in [0.5, 0.6) is 5.75 Å². The van der Waals surface area contributed by atoms with E-state index in [4.69, 9.17) is 16.3 Å². The predicted molar refractivity (Wildman–Crippen MR) is 126 cm³/mol. The fourth-order valence-electron chi connectivity index (χ4n) is 3.02. The van der Waals surface area contributed by atoms with Gasteiger partial charge in [0.2, 0.25) is 0 Å². The van der Waals surface area contributed by atoms with Crippen molar-refractivity contribution < 1.29 is 13.9 Å². The molecule has 1 amide bonds. The highest BCUT2D eigenvalue weighted by Crippen LogP contribution is 2.22. The van der Waals surface area contributed by atoms with Gasteiger partial charge in [0.05, 0.1) is 6.54 Å². The van der Waals surface area contributed by atoms with Gasteiger partial charge < -0.3 is 10.1 Å². The number of carbonyl (C=O) groups excluding carboxylic acids is 1. The normalized spacial score (nSPS) is 10.7. The second kappa shape index (κ2) is 9.97. The van der Waals surface area contributed by atoms with Gasteiger partial charge in [-0.3, -0.25) is 9.48 Å². The molecule has 1 aromatic heterocycles. The summed E-state index contributed by atoms with van der Waals surface area (Å²) in [5.74, 6) is 0.367. The lowest BCUT2D eigenvalue weighted by atomic mass is 10.1. The summed E-state index contributed by atoms with van der Waals surface area (Å²) in [5.41, 5.74) is 2.18. The predicted octanol–water partition coefficient (Wildman–Crippen LogP) is 6.32. The molecule has 0 unspecified atom stereocenters. The molecular weight excluding hydrogens is 497 g/mol. The van der Waals surface area contributed by atoms with E-state index in [1.54, 1.807) is 41.2 Å². The third kappa shape index (κ3) is 5.75. The molecule has 32 heavy (non-hydrogen) atoms. The summed E-state index contributed by atoms with van der Waals surface area (Å²) < 4.78 is 21.4. The molecule has 0 fully saturated rings. The number of halogens is 3. The topological polar surface area (TPSA) is 56.2 Å². The van der Waals surface area contributed by atoms with Crippen molar-refractivity contribution in [1.29, 1.82) is 0 Å². The standard InChI is InChI=1S/C24H18BrClFN3O2/c25-19-6-10-21(11-7-19)32-15-17-2-1-3-18(12-17)24(31)28-23-22(26)14-30(29-23)13-16-4-8-20(27)9-5-16/h1-12,14H,13,15H2,(H,28,29,31). The molecule has 0 aliphatic carbocycles. The number of aromatic nitrogens is 2. The molecule has 1 N–H and O–H groups in total. The van der Waals surface area contributed by atoms with Crippen molar-refractivity contribution >= 4 is 39.3 Å². The zero-order valence-corrected chi connectivity index (χ0v) is 19.1. The van der Waals surface area contributed by atoms with Crippen molar-refractivity contribution in [3.63, 3.8) is 0 Å². The number of ether oxygens (including phenoxy) is 1. The third-order valence-electron chi connectivity index (χ3n) is 4.62. The second-order valence-electron chi connectivity index (χ2n) is 7.05. The molecule has 0 bridgehead atoms. The monoisotopic (exact) mass is 513 g/mol. The summed E-state index contributed by atoms with van der Waals surface area (Å²) in [7, 11) is 0. The highest BCUT2D eigenvalue weighted by Gasteiger charge is 2.13. The highest BCUT2D eigenvalue weighted by molar-refractivity contribution is 9.10. The highest BCUT2D eigenvalue weighted by atomic mass is 79.9. The van der Waals surface area contributed by atoms with Crippen LogP contribution in [0.3, 0.4) is 0 Å². The maximum atomic E-state index is 13.1. The lowest BCUT2D eigenvalue weighted by Gasteiger charge is -2.08. The Morgan fingerprint density at radius 2 is 1.81 bits per heavy atom. The lowest BCUT2D eigenvalue weighted by molar-refractivity contribution is 0.102. The van der Waals surface area contributed by atoms with E-state index in [2.05, 4.69) is 26.3 Å². The number of hydrogen-bond donors (Lipinski definition) is 1. The lowest BCUT2D eigenvalue weighted by Crippen LogP contribution is -2.13. The first-order valence-electron chi connectivity index (χ1n) is 9.72. The first kappa shape index (κ1) is 22.0. The van der Waals surface area contributed by atoms with Gasteiger partial charge in [-0.1, -0.05) is 51.8 Å². The Bertz CT molecular complexity index is 1230. The number of benzene rings is 3. The van der Waals surface area contributed by atoms with Crippen LogP contribution in [0.15, 0.2) is 83.5 Å². The SMILES string of the molecule is O=C(Nc1nn(Cc2ccc(F)cc2)cc1Cl)c1cccc(COc2ccc(Br)cc2)c1. The van der Waals surface area contributed by atoms with Crippen molar-refractivity contribution in [3.05, 3.63) is 111 Å². The zero-order chi connectivity index (χ0) is 22.5. The molecular formula is C24H18BrClFN3O2. The Morgan fingerprint density at radius 3 is 2.56 bits per heavy atom. The fraction of sp³-hybridized carbons (Fsp3) is 0.0833. The molecule has 0 radical (unpaired) electrons. The van der Waals surface area contributed by atoms with Crippen LogP contribution >= 0.6 is 27.5 Å². The molecule has 162 valence electrons. The Kier molecular flexibility index (Phi) is 6.87. The van der Waals surface area contributed by atoms with Crippen LogP contribution in [0.1, 0.15) is 21.5 Å². The van der Waals surface area contributed by atoms with Crippen LogP contribution in [-0.2, 0) is 13.2 Å². The summed E-state index contributed by atoms with van der Waals surface area (Å²) in [6.07, 6.45) is 1.61. The van der Waals surface area contributed by atoms with Crippen LogP contribution in [-0.4, -0.2) is 15.7 Å². The maximum absolute atomic E-state index is 13.1. The van der Waals surface area contributed by atoms with Gasteiger partial charge >= 0.3 is 0 Å². The molecule has 0 saturated heterocycles. The molecule has 1 heterocycles. The van der Waals surface area contributed by atoms with Gasteiger partial charge in [-0.15, -0.1) is 0 Å². The van der Waals surface area contributed by atoms with Gasteiger partial charge in [0.1, 0.15) is 23.2 Å². The summed E-state index contributed by atoms with van der Waals surface area (Å²) in [4.78, 5) is 12.7. The van der Waals surface area contributed by atoms with Gasteiger partial charge in [-0.2, -0.15) is 5.10 Å². The average molecular weight is 515 g/mol. The van der Waals surface area contributed by atoms with Crippen LogP contribution in [0.2, 0.25) is 5.02 Å². The number of carbonyl (C=O) groups is 1. The van der Waals surface area contributed by atoms with E-state index < -0.39 is 0 Å². The van der Waals surface area contributed by atoms with Crippen molar-refractivity contribution in [3.8, 4) is 5.75 Å². The Balaban J connectivity index is 1.40. The van der Waals surface area contributed by atoms with E-state index in [1.165, 1.54) is 12.1 Å². The van der Waals surface area contributed by atoms with E-state index in [-0.39, 0.29) is 17.5 Å². The van der Waals surface area contributed by atoms with Crippen molar-refractivity contribution in [2.75, 3.05) is 5.32 Å². The van der Waals surface area contributed by atoms with E-state index in [1.807, 2.05) is 30.3 Å².